The highest BCUT2D eigenvalue weighted by Gasteiger charge is 2.51. The fraction of sp³-hybridized carbons (Fsp3) is 0.625. The van der Waals surface area contributed by atoms with Crippen LogP contribution in [0.3, 0.4) is 0 Å². The second-order valence-electron chi connectivity index (χ2n) is 6.54. The summed E-state index contributed by atoms with van der Waals surface area (Å²) in [6, 6.07) is 7.85. The zero-order valence-corrected chi connectivity index (χ0v) is 13.8. The van der Waals surface area contributed by atoms with Crippen LogP contribution in [0.15, 0.2) is 24.3 Å². The molecule has 0 aromatic heterocycles. The van der Waals surface area contributed by atoms with Crippen molar-refractivity contribution in [3.05, 3.63) is 24.3 Å². The molecule has 1 atom stereocenters. The van der Waals surface area contributed by atoms with Crippen LogP contribution in [0.2, 0.25) is 0 Å². The van der Waals surface area contributed by atoms with Crippen molar-refractivity contribution in [2.24, 2.45) is 0 Å². The van der Waals surface area contributed by atoms with Crippen molar-refractivity contribution in [2.75, 3.05) is 13.7 Å². The highest BCUT2D eigenvalue weighted by Crippen LogP contribution is 2.36. The van der Waals surface area contributed by atoms with Crippen molar-refractivity contribution < 1.29 is 18.8 Å². The summed E-state index contributed by atoms with van der Waals surface area (Å²) in [4.78, 5) is 0. The minimum Gasteiger partial charge on any atom is -0.488 e. The van der Waals surface area contributed by atoms with Gasteiger partial charge in [-0.2, -0.15) is 0 Å². The van der Waals surface area contributed by atoms with E-state index in [1.54, 1.807) is 7.11 Å². The van der Waals surface area contributed by atoms with Gasteiger partial charge in [-0.3, -0.25) is 0 Å². The minimum atomic E-state index is -0.365. The summed E-state index contributed by atoms with van der Waals surface area (Å²) in [6.07, 6.45) is 0.00328. The lowest BCUT2D eigenvalue weighted by molar-refractivity contribution is 0.00578. The molecule has 0 spiro atoms. The molecule has 1 aliphatic rings. The molecule has 5 heteroatoms. The number of hydrogen-bond donors (Lipinski definition) is 0. The van der Waals surface area contributed by atoms with Gasteiger partial charge < -0.3 is 18.8 Å². The summed E-state index contributed by atoms with van der Waals surface area (Å²) >= 11 is 0. The molecule has 21 heavy (non-hydrogen) atoms. The third-order valence-corrected chi connectivity index (χ3v) is 4.12. The minimum absolute atomic E-state index is 0.00328. The highest BCUT2D eigenvalue weighted by molar-refractivity contribution is 6.62. The summed E-state index contributed by atoms with van der Waals surface area (Å²) in [6.45, 7) is 10.7. The summed E-state index contributed by atoms with van der Waals surface area (Å²) < 4.78 is 23.0. The fourth-order valence-electron chi connectivity index (χ4n) is 2.21. The molecule has 1 aliphatic heterocycles. The fourth-order valence-corrected chi connectivity index (χ4v) is 2.21. The Morgan fingerprint density at radius 1 is 1.14 bits per heavy atom. The third kappa shape index (κ3) is 3.60. The highest BCUT2D eigenvalue weighted by atomic mass is 16.7. The molecule has 0 bridgehead atoms. The van der Waals surface area contributed by atoms with Gasteiger partial charge in [0.15, 0.2) is 0 Å². The van der Waals surface area contributed by atoms with Gasteiger partial charge in [0.25, 0.3) is 0 Å². The SMILES string of the molecule is COC[C@H](C)Oc1cccc(B2OC(C)(C)C(C)(C)O2)c1. The molecule has 0 unspecified atom stereocenters. The summed E-state index contributed by atoms with van der Waals surface area (Å²) in [5.41, 5.74) is 0.297. The topological polar surface area (TPSA) is 36.9 Å². The molecule has 116 valence electrons. The Morgan fingerprint density at radius 2 is 1.76 bits per heavy atom. The molecule has 1 fully saturated rings. The van der Waals surface area contributed by atoms with Crippen LogP contribution in [0, 0.1) is 0 Å². The molecule has 0 aliphatic carbocycles. The third-order valence-electron chi connectivity index (χ3n) is 4.12. The first-order valence-electron chi connectivity index (χ1n) is 7.36. The van der Waals surface area contributed by atoms with Crippen LogP contribution < -0.4 is 10.2 Å². The molecule has 0 N–H and O–H groups in total. The summed E-state index contributed by atoms with van der Waals surface area (Å²) in [5, 5.41) is 0. The van der Waals surface area contributed by atoms with Crippen molar-refractivity contribution in [2.45, 2.75) is 51.9 Å². The first-order valence-corrected chi connectivity index (χ1v) is 7.36. The second kappa shape index (κ2) is 5.99. The molecule has 0 saturated carbocycles. The van der Waals surface area contributed by atoms with E-state index in [1.165, 1.54) is 0 Å². The lowest BCUT2D eigenvalue weighted by Gasteiger charge is -2.32. The number of rotatable bonds is 5. The maximum Gasteiger partial charge on any atom is 0.494 e. The molecule has 1 heterocycles. The Labute approximate surface area is 127 Å². The van der Waals surface area contributed by atoms with Gasteiger partial charge in [0.1, 0.15) is 11.9 Å². The van der Waals surface area contributed by atoms with E-state index in [9.17, 15) is 0 Å². The van der Waals surface area contributed by atoms with Crippen molar-refractivity contribution in [1.82, 2.24) is 0 Å². The molecular weight excluding hydrogens is 267 g/mol. The van der Waals surface area contributed by atoms with Crippen LogP contribution >= 0.6 is 0 Å². The van der Waals surface area contributed by atoms with E-state index in [0.717, 1.165) is 11.2 Å². The van der Waals surface area contributed by atoms with Crippen molar-refractivity contribution in [3.8, 4) is 5.75 Å². The van der Waals surface area contributed by atoms with Crippen LogP contribution in [0.1, 0.15) is 34.6 Å². The Hall–Kier alpha value is -1.04. The van der Waals surface area contributed by atoms with E-state index in [2.05, 4.69) is 0 Å². The standard InChI is InChI=1S/C16H25BO4/c1-12(11-18-6)19-14-9-7-8-13(10-14)17-20-15(2,3)16(4,5)21-17/h7-10,12H,11H2,1-6H3/t12-/m0/s1. The van der Waals surface area contributed by atoms with Crippen LogP contribution in [-0.4, -0.2) is 38.1 Å². The average molecular weight is 292 g/mol. The van der Waals surface area contributed by atoms with Gasteiger partial charge in [-0.1, -0.05) is 12.1 Å². The van der Waals surface area contributed by atoms with Crippen molar-refractivity contribution in [3.63, 3.8) is 0 Å². The zero-order chi connectivity index (χ0) is 15.7. The van der Waals surface area contributed by atoms with E-state index in [0.29, 0.717) is 6.61 Å². The maximum atomic E-state index is 6.06. The van der Waals surface area contributed by atoms with E-state index >= 15 is 0 Å². The number of benzene rings is 1. The zero-order valence-electron chi connectivity index (χ0n) is 13.8. The summed E-state index contributed by atoms with van der Waals surface area (Å²) in [7, 11) is 1.30. The maximum absolute atomic E-state index is 6.06. The van der Waals surface area contributed by atoms with Gasteiger partial charge in [0, 0.05) is 7.11 Å². The van der Waals surface area contributed by atoms with Crippen LogP contribution in [0.25, 0.3) is 0 Å². The van der Waals surface area contributed by atoms with Gasteiger partial charge in [0.05, 0.1) is 17.8 Å². The molecule has 2 rings (SSSR count). The normalized spacial score (nSPS) is 21.3. The Balaban J connectivity index is 2.12. The largest absolute Gasteiger partial charge is 0.494 e. The predicted molar refractivity (Wildman–Crippen MR) is 84.1 cm³/mol. The number of methoxy groups -OCH3 is 1. The summed E-state index contributed by atoms with van der Waals surface area (Å²) in [5.74, 6) is 0.798. The lowest BCUT2D eigenvalue weighted by atomic mass is 9.79. The van der Waals surface area contributed by atoms with Gasteiger partial charge in [0.2, 0.25) is 0 Å². The Bertz CT molecular complexity index is 471. The monoisotopic (exact) mass is 292 g/mol. The molecule has 1 saturated heterocycles. The van der Waals surface area contributed by atoms with Crippen molar-refractivity contribution >= 4 is 12.6 Å². The molecule has 0 radical (unpaired) electrons. The average Bonchev–Trinajstić information content (AvgIpc) is 2.59. The van der Waals surface area contributed by atoms with Gasteiger partial charge in [-0.15, -0.1) is 0 Å². The van der Waals surface area contributed by atoms with E-state index in [-0.39, 0.29) is 24.4 Å². The second-order valence-corrected chi connectivity index (χ2v) is 6.54. The number of ether oxygens (including phenoxy) is 2. The van der Waals surface area contributed by atoms with Crippen molar-refractivity contribution in [1.29, 1.82) is 0 Å². The van der Waals surface area contributed by atoms with Crippen LogP contribution in [0.4, 0.5) is 0 Å². The van der Waals surface area contributed by atoms with E-state index in [1.807, 2.05) is 58.9 Å². The molecule has 1 aromatic carbocycles. The predicted octanol–water partition coefficient (Wildman–Crippen LogP) is 2.40. The van der Waals surface area contributed by atoms with Gasteiger partial charge in [-0.05, 0) is 52.2 Å². The van der Waals surface area contributed by atoms with Crippen LogP contribution in [-0.2, 0) is 14.0 Å². The van der Waals surface area contributed by atoms with Gasteiger partial charge in [-0.25, -0.2) is 0 Å². The Morgan fingerprint density at radius 3 is 2.33 bits per heavy atom. The molecule has 1 aromatic rings. The first-order chi connectivity index (χ1) is 9.75. The molecular formula is C16H25BO4. The first kappa shape index (κ1) is 16.3. The van der Waals surface area contributed by atoms with E-state index in [4.69, 9.17) is 18.8 Å². The smallest absolute Gasteiger partial charge is 0.488 e. The molecule has 0 amide bonds. The van der Waals surface area contributed by atoms with Gasteiger partial charge >= 0.3 is 7.12 Å². The quantitative estimate of drug-likeness (QED) is 0.781. The Kier molecular flexibility index (Phi) is 4.66. The van der Waals surface area contributed by atoms with Crippen LogP contribution in [0.5, 0.6) is 5.75 Å². The lowest BCUT2D eigenvalue weighted by Crippen LogP contribution is -2.41. The molecule has 4 nitrogen and oxygen atoms in total. The number of hydrogen-bond acceptors (Lipinski definition) is 4. The van der Waals surface area contributed by atoms with E-state index < -0.39 is 0 Å².